The summed E-state index contributed by atoms with van der Waals surface area (Å²) in [5.74, 6) is -0.149. The molecule has 2 aromatic rings. The van der Waals surface area contributed by atoms with Gasteiger partial charge in [0.15, 0.2) is 0 Å². The second kappa shape index (κ2) is 6.07. The zero-order chi connectivity index (χ0) is 16.6. The summed E-state index contributed by atoms with van der Waals surface area (Å²) in [6.07, 6.45) is 6.64. The Morgan fingerprint density at radius 1 is 1.39 bits per heavy atom. The van der Waals surface area contributed by atoms with Crippen LogP contribution in [0.1, 0.15) is 50.5 Å². The molecule has 23 heavy (non-hydrogen) atoms. The molecule has 124 valence electrons. The van der Waals surface area contributed by atoms with Crippen molar-refractivity contribution < 1.29 is 4.79 Å². The summed E-state index contributed by atoms with van der Waals surface area (Å²) in [4.78, 5) is 31.5. The monoisotopic (exact) mass is 333 g/mol. The van der Waals surface area contributed by atoms with Crippen LogP contribution in [0, 0.1) is 0 Å². The Balaban J connectivity index is 1.92. The van der Waals surface area contributed by atoms with E-state index in [0.29, 0.717) is 0 Å². The van der Waals surface area contributed by atoms with Crippen LogP contribution in [0.4, 0.5) is 0 Å². The van der Waals surface area contributed by atoms with Crippen molar-refractivity contribution in [3.8, 4) is 0 Å². The maximum atomic E-state index is 12.8. The highest BCUT2D eigenvalue weighted by molar-refractivity contribution is 7.18. The Labute approximate surface area is 139 Å². The maximum absolute atomic E-state index is 12.8. The van der Waals surface area contributed by atoms with Gasteiger partial charge < -0.3 is 5.32 Å². The third-order valence-electron chi connectivity index (χ3n) is 4.62. The predicted molar refractivity (Wildman–Crippen MR) is 93.0 cm³/mol. The van der Waals surface area contributed by atoms with Crippen LogP contribution in [0.15, 0.2) is 11.1 Å². The second-order valence-electron chi connectivity index (χ2n) is 6.85. The standard InChI is InChI=1S/C17H23N3O2S/c1-4-17(2,3)19-13(21)9-20-10-18-15-14(16(20)22)11-7-5-6-8-12(11)23-15/h10H,4-9H2,1-3H3,(H,19,21). The van der Waals surface area contributed by atoms with E-state index in [0.717, 1.165) is 41.5 Å². The summed E-state index contributed by atoms with van der Waals surface area (Å²) in [6.45, 7) is 6.00. The van der Waals surface area contributed by atoms with Crippen LogP contribution >= 0.6 is 11.3 Å². The van der Waals surface area contributed by atoms with E-state index in [9.17, 15) is 9.59 Å². The fourth-order valence-electron chi connectivity index (χ4n) is 2.95. The zero-order valence-electron chi connectivity index (χ0n) is 13.9. The molecule has 0 unspecified atom stereocenters. The number of aryl methyl sites for hydroxylation is 2. The minimum atomic E-state index is -0.264. The van der Waals surface area contributed by atoms with E-state index in [1.54, 1.807) is 11.3 Å². The van der Waals surface area contributed by atoms with Gasteiger partial charge in [0.1, 0.15) is 11.4 Å². The molecule has 2 aromatic heterocycles. The average molecular weight is 333 g/mol. The van der Waals surface area contributed by atoms with E-state index in [-0.39, 0.29) is 23.6 Å². The largest absolute Gasteiger partial charge is 0.350 e. The van der Waals surface area contributed by atoms with Crippen LogP contribution in [0.25, 0.3) is 10.2 Å². The minimum absolute atomic E-state index is 0.0236. The lowest BCUT2D eigenvalue weighted by molar-refractivity contribution is -0.123. The summed E-state index contributed by atoms with van der Waals surface area (Å²) in [7, 11) is 0. The number of carbonyl (C=O) groups is 1. The Hall–Kier alpha value is -1.69. The number of hydrogen-bond donors (Lipinski definition) is 1. The van der Waals surface area contributed by atoms with Crippen LogP contribution < -0.4 is 10.9 Å². The molecule has 0 radical (unpaired) electrons. The van der Waals surface area contributed by atoms with Gasteiger partial charge in [0.05, 0.1) is 11.7 Å². The van der Waals surface area contributed by atoms with Gasteiger partial charge in [0, 0.05) is 10.4 Å². The van der Waals surface area contributed by atoms with Crippen molar-refractivity contribution in [1.82, 2.24) is 14.9 Å². The van der Waals surface area contributed by atoms with E-state index in [4.69, 9.17) is 0 Å². The molecule has 0 fully saturated rings. The average Bonchev–Trinajstić information content (AvgIpc) is 2.89. The molecule has 6 heteroatoms. The van der Waals surface area contributed by atoms with Crippen molar-refractivity contribution in [2.75, 3.05) is 0 Å². The molecule has 0 bridgehead atoms. The minimum Gasteiger partial charge on any atom is -0.350 e. The number of thiophene rings is 1. The molecule has 1 N–H and O–H groups in total. The first-order valence-corrected chi connectivity index (χ1v) is 9.03. The first-order valence-electron chi connectivity index (χ1n) is 8.22. The summed E-state index contributed by atoms with van der Waals surface area (Å²) < 4.78 is 1.44. The number of hydrogen-bond acceptors (Lipinski definition) is 4. The topological polar surface area (TPSA) is 64.0 Å². The van der Waals surface area contributed by atoms with Crippen LogP contribution in [0.3, 0.4) is 0 Å². The Kier molecular flexibility index (Phi) is 4.27. The Morgan fingerprint density at radius 3 is 2.87 bits per heavy atom. The number of aromatic nitrogens is 2. The number of nitrogens with zero attached hydrogens (tertiary/aromatic N) is 2. The number of nitrogens with one attached hydrogen (secondary N) is 1. The molecule has 0 spiro atoms. The van der Waals surface area contributed by atoms with E-state index in [1.807, 2.05) is 20.8 Å². The van der Waals surface area contributed by atoms with Gasteiger partial charge in [-0.2, -0.15) is 0 Å². The molecule has 0 saturated heterocycles. The molecular weight excluding hydrogens is 310 g/mol. The summed E-state index contributed by atoms with van der Waals surface area (Å²) >= 11 is 1.63. The van der Waals surface area contributed by atoms with Crippen molar-refractivity contribution in [2.45, 2.75) is 65.0 Å². The molecule has 0 aliphatic heterocycles. The number of amides is 1. The highest BCUT2D eigenvalue weighted by Crippen LogP contribution is 2.33. The molecule has 0 saturated carbocycles. The predicted octanol–water partition coefficient (Wildman–Crippen LogP) is 2.64. The lowest BCUT2D eigenvalue weighted by atomic mass is 9.97. The molecule has 0 atom stereocenters. The van der Waals surface area contributed by atoms with Crippen molar-refractivity contribution >= 4 is 27.5 Å². The smallest absolute Gasteiger partial charge is 0.262 e. The van der Waals surface area contributed by atoms with Crippen LogP contribution in [-0.2, 0) is 24.2 Å². The number of fused-ring (bicyclic) bond motifs is 3. The fraction of sp³-hybridized carbons (Fsp3) is 0.588. The third kappa shape index (κ3) is 3.17. The van der Waals surface area contributed by atoms with Gasteiger partial charge in [-0.15, -0.1) is 11.3 Å². The summed E-state index contributed by atoms with van der Waals surface area (Å²) in [5, 5.41) is 3.69. The van der Waals surface area contributed by atoms with E-state index in [1.165, 1.54) is 22.2 Å². The van der Waals surface area contributed by atoms with Gasteiger partial charge in [-0.25, -0.2) is 4.98 Å². The van der Waals surface area contributed by atoms with Gasteiger partial charge >= 0.3 is 0 Å². The second-order valence-corrected chi connectivity index (χ2v) is 7.94. The third-order valence-corrected chi connectivity index (χ3v) is 5.82. The van der Waals surface area contributed by atoms with Gasteiger partial charge in [-0.3, -0.25) is 14.2 Å². The zero-order valence-corrected chi connectivity index (χ0v) is 14.8. The van der Waals surface area contributed by atoms with E-state index < -0.39 is 0 Å². The highest BCUT2D eigenvalue weighted by atomic mass is 32.1. The normalized spacial score (nSPS) is 14.7. The summed E-state index contributed by atoms with van der Waals surface area (Å²) in [6, 6.07) is 0. The van der Waals surface area contributed by atoms with Gasteiger partial charge in [0.25, 0.3) is 5.56 Å². The van der Waals surface area contributed by atoms with Crippen LogP contribution in [-0.4, -0.2) is 21.0 Å². The highest BCUT2D eigenvalue weighted by Gasteiger charge is 2.22. The van der Waals surface area contributed by atoms with Crippen molar-refractivity contribution in [1.29, 1.82) is 0 Å². The maximum Gasteiger partial charge on any atom is 0.262 e. The fourth-order valence-corrected chi connectivity index (χ4v) is 4.17. The number of rotatable bonds is 4. The quantitative estimate of drug-likeness (QED) is 0.935. The van der Waals surface area contributed by atoms with Gasteiger partial charge in [-0.05, 0) is 51.5 Å². The molecule has 2 heterocycles. The van der Waals surface area contributed by atoms with Crippen molar-refractivity contribution in [3.63, 3.8) is 0 Å². The molecule has 1 amide bonds. The molecule has 5 nitrogen and oxygen atoms in total. The van der Waals surface area contributed by atoms with E-state index >= 15 is 0 Å². The lowest BCUT2D eigenvalue weighted by Crippen LogP contribution is -2.45. The SMILES string of the molecule is CCC(C)(C)NC(=O)Cn1cnc2sc3c(c2c1=O)CCCC3. The molecular formula is C17H23N3O2S. The Morgan fingerprint density at radius 2 is 2.13 bits per heavy atom. The van der Waals surface area contributed by atoms with Crippen molar-refractivity contribution in [2.24, 2.45) is 0 Å². The first-order chi connectivity index (χ1) is 10.9. The lowest BCUT2D eigenvalue weighted by Gasteiger charge is -2.24. The molecule has 1 aliphatic rings. The van der Waals surface area contributed by atoms with Crippen molar-refractivity contribution in [3.05, 3.63) is 27.1 Å². The van der Waals surface area contributed by atoms with E-state index in [2.05, 4.69) is 10.3 Å². The van der Waals surface area contributed by atoms with Crippen LogP contribution in [0.2, 0.25) is 0 Å². The summed E-state index contributed by atoms with van der Waals surface area (Å²) in [5.41, 5.74) is 0.816. The Bertz CT molecular complexity index is 804. The van der Waals surface area contributed by atoms with Gasteiger partial charge in [0.2, 0.25) is 5.91 Å². The molecule has 1 aliphatic carbocycles. The number of carbonyl (C=O) groups excluding carboxylic acids is 1. The molecule has 0 aromatic carbocycles. The molecule has 3 rings (SSSR count). The van der Waals surface area contributed by atoms with Crippen LogP contribution in [0.5, 0.6) is 0 Å². The van der Waals surface area contributed by atoms with Gasteiger partial charge in [-0.1, -0.05) is 6.92 Å². The first kappa shape index (κ1) is 16.2.